The summed E-state index contributed by atoms with van der Waals surface area (Å²) in [5.74, 6) is -1.14. The number of rotatable bonds is 4. The van der Waals surface area contributed by atoms with Crippen molar-refractivity contribution in [1.82, 2.24) is 0 Å². The van der Waals surface area contributed by atoms with Crippen molar-refractivity contribution in [3.05, 3.63) is 58.1 Å². The smallest absolute Gasteiger partial charge is 0.550 e. The second-order valence-corrected chi connectivity index (χ2v) is 4.74. The quantitative estimate of drug-likeness (QED) is 0.387. The SMILES string of the molecule is O.O.O.O.O.O.O.O.O.O.O.O=C([O-])Cc1ccccc1Nc1c(Cl)cccc1Cl.[Na+]. The Labute approximate surface area is 209 Å². The Morgan fingerprint density at radius 2 is 1.10 bits per heavy atom. The van der Waals surface area contributed by atoms with Gasteiger partial charge >= 0.3 is 29.6 Å². The van der Waals surface area contributed by atoms with Gasteiger partial charge in [-0.1, -0.05) is 47.5 Å². The zero-order valence-electron chi connectivity index (χ0n) is 16.3. The average Bonchev–Trinajstić information content (AvgIpc) is 2.35. The minimum Gasteiger partial charge on any atom is -0.550 e. The number of hydrogen-bond acceptors (Lipinski definition) is 3. The molecule has 0 aromatic heterocycles. The molecule has 2 aromatic rings. The maximum Gasteiger partial charge on any atom is 1.00 e. The van der Waals surface area contributed by atoms with Crippen molar-refractivity contribution in [2.24, 2.45) is 0 Å². The van der Waals surface area contributed by atoms with Crippen LogP contribution < -0.4 is 40.0 Å². The first-order valence-electron chi connectivity index (χ1n) is 5.56. The first kappa shape index (κ1) is 69.9. The van der Waals surface area contributed by atoms with Gasteiger partial charge in [0.25, 0.3) is 0 Å². The maximum absolute atomic E-state index is 10.7. The van der Waals surface area contributed by atoms with Gasteiger partial charge < -0.3 is 75.5 Å². The van der Waals surface area contributed by atoms with Crippen molar-refractivity contribution in [2.45, 2.75) is 6.42 Å². The molecule has 0 saturated carbocycles. The van der Waals surface area contributed by atoms with Crippen LogP contribution in [-0.4, -0.2) is 66.2 Å². The molecule has 14 nitrogen and oxygen atoms in total. The Morgan fingerprint density at radius 1 is 0.710 bits per heavy atom. The molecule has 186 valence electrons. The van der Waals surface area contributed by atoms with E-state index >= 15 is 0 Å². The van der Waals surface area contributed by atoms with Crippen molar-refractivity contribution in [3.63, 3.8) is 0 Å². The first-order chi connectivity index (χ1) is 9.08. The van der Waals surface area contributed by atoms with E-state index in [9.17, 15) is 9.90 Å². The number of anilines is 2. The van der Waals surface area contributed by atoms with E-state index in [1.165, 1.54) is 0 Å². The minimum absolute atomic E-state index is 0. The Hall–Kier alpha value is -1.15. The van der Waals surface area contributed by atoms with E-state index in [2.05, 4.69) is 5.32 Å². The molecule has 0 aliphatic carbocycles. The van der Waals surface area contributed by atoms with Crippen LogP contribution in [0.5, 0.6) is 0 Å². The van der Waals surface area contributed by atoms with Gasteiger partial charge in [0.05, 0.1) is 15.7 Å². The van der Waals surface area contributed by atoms with Gasteiger partial charge in [-0.15, -0.1) is 0 Å². The Balaban J connectivity index is -0.0000000370. The Morgan fingerprint density at radius 3 is 1.48 bits per heavy atom. The zero-order valence-corrected chi connectivity index (χ0v) is 19.8. The van der Waals surface area contributed by atoms with Gasteiger partial charge in [-0.05, 0) is 23.8 Å². The van der Waals surface area contributed by atoms with Crippen LogP contribution >= 0.6 is 23.2 Å². The normalized spacial score (nSPS) is 6.26. The minimum atomic E-state index is -1.14. The fourth-order valence-electron chi connectivity index (χ4n) is 1.70. The molecule has 0 fully saturated rings. The van der Waals surface area contributed by atoms with Gasteiger partial charge in [0, 0.05) is 18.1 Å². The molecule has 0 aliphatic heterocycles. The summed E-state index contributed by atoms with van der Waals surface area (Å²) < 4.78 is 0. The number of hydrogen-bond donors (Lipinski definition) is 1. The van der Waals surface area contributed by atoms with Crippen LogP contribution in [0.1, 0.15) is 5.56 Å². The molecular weight excluding hydrogens is 484 g/mol. The molecule has 23 N–H and O–H groups in total. The third-order valence-corrected chi connectivity index (χ3v) is 3.20. The number of aliphatic carboxylic acids is 1. The summed E-state index contributed by atoms with van der Waals surface area (Å²) in [5, 5.41) is 14.7. The molecular formula is C14H32Cl2NNaO13. The standard InChI is InChI=1S/C14H11Cl2NO2.Na.11H2O/c15-10-5-3-6-11(16)14(10)17-12-7-2-1-4-9(12)8-13(18)19;;;;;;;;;;;;/h1-7,17H,8H2,(H,18,19);;11*1H2/q;+1;;;;;;;;;;;/p-1. The summed E-state index contributed by atoms with van der Waals surface area (Å²) in [7, 11) is 0. The van der Waals surface area contributed by atoms with Gasteiger partial charge in [0.2, 0.25) is 0 Å². The van der Waals surface area contributed by atoms with E-state index < -0.39 is 5.97 Å². The van der Waals surface area contributed by atoms with E-state index in [0.29, 0.717) is 27.0 Å². The molecule has 0 unspecified atom stereocenters. The van der Waals surface area contributed by atoms with Crippen molar-refractivity contribution >= 4 is 40.5 Å². The fourth-order valence-corrected chi connectivity index (χ4v) is 2.20. The topological polar surface area (TPSA) is 399 Å². The molecule has 0 radical (unpaired) electrons. The Kier molecular flexibility index (Phi) is 75.5. The number of carbonyl (C=O) groups is 1. The predicted molar refractivity (Wildman–Crippen MR) is 115 cm³/mol. The number of carboxylic acids is 1. The summed E-state index contributed by atoms with van der Waals surface area (Å²) in [6.45, 7) is 0. The second-order valence-electron chi connectivity index (χ2n) is 3.93. The zero-order chi connectivity index (χ0) is 13.8. The van der Waals surface area contributed by atoms with Crippen LogP contribution in [0.15, 0.2) is 42.5 Å². The number of benzene rings is 2. The number of para-hydroxylation sites is 2. The number of carbonyl (C=O) groups excluding carboxylic acids is 1. The number of carboxylic acid groups (broad SMARTS) is 1. The molecule has 0 spiro atoms. The summed E-state index contributed by atoms with van der Waals surface area (Å²) in [6.07, 6.45) is -0.175. The van der Waals surface area contributed by atoms with Crippen LogP contribution in [0.4, 0.5) is 11.4 Å². The van der Waals surface area contributed by atoms with E-state index in [1.807, 2.05) is 0 Å². The third-order valence-electron chi connectivity index (χ3n) is 2.57. The monoisotopic (exact) mass is 515 g/mol. The molecule has 0 saturated heterocycles. The molecule has 2 aromatic carbocycles. The first-order valence-corrected chi connectivity index (χ1v) is 6.32. The van der Waals surface area contributed by atoms with Crippen molar-refractivity contribution in [2.75, 3.05) is 5.32 Å². The Bertz CT molecular complexity index is 621. The molecule has 0 atom stereocenters. The van der Waals surface area contributed by atoms with Crippen LogP contribution in [0.25, 0.3) is 0 Å². The molecule has 0 amide bonds. The van der Waals surface area contributed by atoms with Crippen molar-refractivity contribution in [1.29, 1.82) is 0 Å². The molecule has 17 heteroatoms. The molecule has 0 aliphatic rings. The second kappa shape index (κ2) is 33.5. The van der Waals surface area contributed by atoms with Gasteiger partial charge in [0.1, 0.15) is 0 Å². The van der Waals surface area contributed by atoms with Crippen LogP contribution in [0.2, 0.25) is 10.0 Å². The maximum atomic E-state index is 10.7. The summed E-state index contributed by atoms with van der Waals surface area (Å²) >= 11 is 12.1. The van der Waals surface area contributed by atoms with E-state index in [1.54, 1.807) is 42.5 Å². The van der Waals surface area contributed by atoms with Crippen LogP contribution in [-0.2, 0) is 11.2 Å². The third kappa shape index (κ3) is 20.5. The molecule has 31 heavy (non-hydrogen) atoms. The average molecular weight is 516 g/mol. The summed E-state index contributed by atoms with van der Waals surface area (Å²) in [6, 6.07) is 12.2. The summed E-state index contributed by atoms with van der Waals surface area (Å²) in [4.78, 5) is 10.7. The largest absolute Gasteiger partial charge is 1.00 e. The molecule has 0 heterocycles. The van der Waals surface area contributed by atoms with Crippen LogP contribution in [0, 0.1) is 0 Å². The predicted octanol–water partition coefficient (Wildman–Crippen LogP) is -9.04. The van der Waals surface area contributed by atoms with E-state index in [0.717, 1.165) is 0 Å². The van der Waals surface area contributed by atoms with E-state index in [-0.39, 0.29) is 96.2 Å². The molecule has 0 bridgehead atoms. The van der Waals surface area contributed by atoms with Gasteiger partial charge in [-0.2, -0.15) is 0 Å². The molecule has 2 rings (SSSR count). The number of nitrogens with one attached hydrogen (secondary N) is 1. The summed E-state index contributed by atoms with van der Waals surface area (Å²) in [5.41, 5.74) is 1.80. The van der Waals surface area contributed by atoms with Gasteiger partial charge in [-0.3, -0.25) is 0 Å². The van der Waals surface area contributed by atoms with Crippen molar-refractivity contribution in [3.8, 4) is 0 Å². The van der Waals surface area contributed by atoms with E-state index in [4.69, 9.17) is 23.2 Å². The van der Waals surface area contributed by atoms with Crippen molar-refractivity contribution < 1.29 is 99.7 Å². The van der Waals surface area contributed by atoms with Gasteiger partial charge in [0.15, 0.2) is 0 Å². The van der Waals surface area contributed by atoms with Crippen LogP contribution in [0.3, 0.4) is 0 Å². The van der Waals surface area contributed by atoms with Gasteiger partial charge in [-0.25, -0.2) is 0 Å². The fraction of sp³-hybridized carbons (Fsp3) is 0.0714. The number of halogens is 2.